The molecule has 1 atom stereocenters. The third-order valence-corrected chi connectivity index (χ3v) is 4.60. The van der Waals surface area contributed by atoms with E-state index in [1.54, 1.807) is 18.0 Å². The van der Waals surface area contributed by atoms with Crippen LogP contribution in [0.15, 0.2) is 24.3 Å². The first kappa shape index (κ1) is 18.3. The highest BCUT2D eigenvalue weighted by molar-refractivity contribution is 5.96. The lowest BCUT2D eigenvalue weighted by Crippen LogP contribution is -2.40. The van der Waals surface area contributed by atoms with Gasteiger partial charge in [-0.25, -0.2) is 0 Å². The van der Waals surface area contributed by atoms with Crippen LogP contribution in [0.2, 0.25) is 0 Å². The van der Waals surface area contributed by atoms with E-state index in [1.807, 2.05) is 18.2 Å². The first-order valence-electron chi connectivity index (χ1n) is 8.71. The Bertz CT molecular complexity index is 582. The Kier molecular flexibility index (Phi) is 7.07. The van der Waals surface area contributed by atoms with Crippen molar-refractivity contribution < 1.29 is 9.53 Å². The molecule has 0 aromatic heterocycles. The molecular formula is C19H27N3O2. The van der Waals surface area contributed by atoms with E-state index in [4.69, 9.17) is 10.00 Å². The van der Waals surface area contributed by atoms with Crippen LogP contribution in [0.3, 0.4) is 0 Å². The topological polar surface area (TPSA) is 56.6 Å². The third-order valence-electron chi connectivity index (χ3n) is 4.60. The number of ether oxygens (including phenoxy) is 1. The fraction of sp³-hybridized carbons (Fsp3) is 0.579. The summed E-state index contributed by atoms with van der Waals surface area (Å²) < 4.78 is 5.91. The molecular weight excluding hydrogens is 302 g/mol. The number of hydrogen-bond donors (Lipinski definition) is 0. The van der Waals surface area contributed by atoms with E-state index in [2.05, 4.69) is 17.9 Å². The van der Waals surface area contributed by atoms with E-state index >= 15 is 0 Å². The summed E-state index contributed by atoms with van der Waals surface area (Å²) >= 11 is 0. The Morgan fingerprint density at radius 1 is 1.42 bits per heavy atom. The molecule has 1 aliphatic heterocycles. The number of rotatable bonds is 7. The molecule has 1 aliphatic rings. The van der Waals surface area contributed by atoms with Gasteiger partial charge in [0.15, 0.2) is 0 Å². The maximum atomic E-state index is 12.5. The minimum absolute atomic E-state index is 0.104. The number of carbonyl (C=O) groups is 1. The van der Waals surface area contributed by atoms with Crippen LogP contribution in [0.5, 0.6) is 5.75 Å². The molecule has 1 aromatic carbocycles. The van der Waals surface area contributed by atoms with Crippen LogP contribution in [-0.2, 0) is 0 Å². The van der Waals surface area contributed by atoms with Crippen molar-refractivity contribution in [2.75, 3.05) is 33.3 Å². The van der Waals surface area contributed by atoms with E-state index in [-0.39, 0.29) is 5.91 Å². The number of nitriles is 1. The maximum Gasteiger partial charge on any atom is 0.257 e. The van der Waals surface area contributed by atoms with Crippen LogP contribution in [0.1, 0.15) is 43.0 Å². The van der Waals surface area contributed by atoms with Gasteiger partial charge in [0.1, 0.15) is 12.4 Å². The fourth-order valence-electron chi connectivity index (χ4n) is 3.06. The van der Waals surface area contributed by atoms with Crippen LogP contribution in [0.25, 0.3) is 0 Å². The molecule has 0 saturated carbocycles. The maximum absolute atomic E-state index is 12.5. The second-order valence-corrected chi connectivity index (χ2v) is 6.36. The molecule has 1 aromatic rings. The first-order chi connectivity index (χ1) is 11.6. The summed E-state index contributed by atoms with van der Waals surface area (Å²) in [6.45, 7) is 5.28. The van der Waals surface area contributed by atoms with Gasteiger partial charge in [0.2, 0.25) is 0 Å². The molecule has 1 amide bonds. The number of nitrogens with zero attached hydrogens (tertiary/aromatic N) is 3. The van der Waals surface area contributed by atoms with Gasteiger partial charge in [-0.3, -0.25) is 9.69 Å². The van der Waals surface area contributed by atoms with Crippen LogP contribution < -0.4 is 4.74 Å². The average molecular weight is 329 g/mol. The summed E-state index contributed by atoms with van der Waals surface area (Å²) in [5.41, 5.74) is 0.560. The van der Waals surface area contributed by atoms with Gasteiger partial charge in [0, 0.05) is 26.2 Å². The Labute approximate surface area is 144 Å². The van der Waals surface area contributed by atoms with Crippen molar-refractivity contribution >= 4 is 5.91 Å². The molecule has 1 heterocycles. The Hall–Kier alpha value is -2.06. The van der Waals surface area contributed by atoms with E-state index in [1.165, 1.54) is 19.3 Å². The van der Waals surface area contributed by atoms with E-state index in [0.717, 1.165) is 13.1 Å². The molecule has 2 rings (SSSR count). The number of piperidine rings is 1. The summed E-state index contributed by atoms with van der Waals surface area (Å²) in [6.07, 6.45) is 4.14. The van der Waals surface area contributed by atoms with Crippen LogP contribution in [0.4, 0.5) is 0 Å². The highest BCUT2D eigenvalue weighted by atomic mass is 16.5. The summed E-state index contributed by atoms with van der Waals surface area (Å²) in [4.78, 5) is 16.5. The van der Waals surface area contributed by atoms with Crippen LogP contribution in [-0.4, -0.2) is 55.0 Å². The van der Waals surface area contributed by atoms with Crippen molar-refractivity contribution in [1.29, 1.82) is 5.26 Å². The molecule has 130 valence electrons. The van der Waals surface area contributed by atoms with Crippen molar-refractivity contribution in [3.05, 3.63) is 29.8 Å². The van der Waals surface area contributed by atoms with E-state index < -0.39 is 0 Å². The predicted octanol–water partition coefficient (Wildman–Crippen LogP) is 2.93. The summed E-state index contributed by atoms with van der Waals surface area (Å²) in [7, 11) is 1.71. The predicted molar refractivity (Wildman–Crippen MR) is 94.0 cm³/mol. The zero-order valence-corrected chi connectivity index (χ0v) is 14.7. The van der Waals surface area contributed by atoms with Gasteiger partial charge in [0.25, 0.3) is 5.91 Å². The number of carbonyl (C=O) groups excluding carboxylic acids is 1. The van der Waals surface area contributed by atoms with Gasteiger partial charge < -0.3 is 9.64 Å². The highest BCUT2D eigenvalue weighted by Crippen LogP contribution is 2.20. The Balaban J connectivity index is 1.93. The molecule has 24 heavy (non-hydrogen) atoms. The second-order valence-electron chi connectivity index (χ2n) is 6.36. The molecule has 5 heteroatoms. The average Bonchev–Trinajstić information content (AvgIpc) is 2.61. The SMILES string of the molecule is C[C@@H]1CCCCN1CCOc1ccccc1C(=O)N(C)CCC#N. The molecule has 1 fully saturated rings. The summed E-state index contributed by atoms with van der Waals surface area (Å²) in [5, 5.41) is 8.67. The Morgan fingerprint density at radius 3 is 2.96 bits per heavy atom. The van der Waals surface area contributed by atoms with E-state index in [9.17, 15) is 4.79 Å². The van der Waals surface area contributed by atoms with Crippen molar-refractivity contribution in [2.24, 2.45) is 0 Å². The second kappa shape index (κ2) is 9.29. The summed E-state index contributed by atoms with van der Waals surface area (Å²) in [5.74, 6) is 0.517. The molecule has 5 nitrogen and oxygen atoms in total. The van der Waals surface area contributed by atoms with Crippen LogP contribution >= 0.6 is 0 Å². The molecule has 0 radical (unpaired) electrons. The third kappa shape index (κ3) is 4.97. The van der Waals surface area contributed by atoms with Gasteiger partial charge >= 0.3 is 0 Å². The minimum atomic E-state index is -0.104. The van der Waals surface area contributed by atoms with Gasteiger partial charge in [-0.05, 0) is 38.4 Å². The van der Waals surface area contributed by atoms with Gasteiger partial charge in [-0.1, -0.05) is 18.6 Å². The Morgan fingerprint density at radius 2 is 2.21 bits per heavy atom. The van der Waals surface area contributed by atoms with Crippen LogP contribution in [0, 0.1) is 11.3 Å². The van der Waals surface area contributed by atoms with Gasteiger partial charge in [-0.15, -0.1) is 0 Å². The molecule has 0 unspecified atom stereocenters. The van der Waals surface area contributed by atoms with Crippen molar-refractivity contribution in [1.82, 2.24) is 9.80 Å². The largest absolute Gasteiger partial charge is 0.491 e. The highest BCUT2D eigenvalue weighted by Gasteiger charge is 2.19. The normalized spacial score (nSPS) is 18.0. The van der Waals surface area contributed by atoms with Gasteiger partial charge in [0.05, 0.1) is 18.1 Å². The molecule has 0 spiro atoms. The summed E-state index contributed by atoms with van der Waals surface area (Å²) in [6, 6.07) is 10.0. The van der Waals surface area contributed by atoms with E-state index in [0.29, 0.717) is 36.9 Å². The molecule has 0 aliphatic carbocycles. The van der Waals surface area contributed by atoms with Crippen molar-refractivity contribution in [3.63, 3.8) is 0 Å². The number of benzene rings is 1. The lowest BCUT2D eigenvalue weighted by atomic mass is 10.0. The molecule has 1 saturated heterocycles. The van der Waals surface area contributed by atoms with Gasteiger partial charge in [-0.2, -0.15) is 5.26 Å². The van der Waals surface area contributed by atoms with Crippen molar-refractivity contribution in [3.8, 4) is 11.8 Å². The monoisotopic (exact) mass is 329 g/mol. The fourth-order valence-corrected chi connectivity index (χ4v) is 3.06. The van der Waals surface area contributed by atoms with Crippen molar-refractivity contribution in [2.45, 2.75) is 38.6 Å². The molecule has 0 N–H and O–H groups in total. The first-order valence-corrected chi connectivity index (χ1v) is 8.71. The molecule has 0 bridgehead atoms. The lowest BCUT2D eigenvalue weighted by Gasteiger charge is -2.33. The number of hydrogen-bond acceptors (Lipinski definition) is 4. The number of amides is 1. The number of likely N-dealkylation sites (tertiary alicyclic amines) is 1. The minimum Gasteiger partial charge on any atom is -0.491 e. The zero-order chi connectivity index (χ0) is 17.4. The number of para-hydroxylation sites is 1. The lowest BCUT2D eigenvalue weighted by molar-refractivity contribution is 0.0791. The quantitative estimate of drug-likeness (QED) is 0.772. The smallest absolute Gasteiger partial charge is 0.257 e. The standard InChI is InChI=1S/C19H27N3O2/c1-16-8-5-6-13-22(16)14-15-24-18-10-4-3-9-17(18)19(23)21(2)12-7-11-20/h3-4,9-10,16H,5-8,12-15H2,1-2H3/t16-/m1/s1. The zero-order valence-electron chi connectivity index (χ0n) is 14.7.